The highest BCUT2D eigenvalue weighted by Gasteiger charge is 2.26. The van der Waals surface area contributed by atoms with Crippen molar-refractivity contribution in [3.8, 4) is 0 Å². The molecule has 0 fully saturated rings. The first kappa shape index (κ1) is 14.7. The second kappa shape index (κ2) is 6.67. The Kier molecular flexibility index (Phi) is 4.45. The number of benzene rings is 2. The molecule has 0 aliphatic carbocycles. The molecule has 22 heavy (non-hydrogen) atoms. The van der Waals surface area contributed by atoms with Gasteiger partial charge in [-0.25, -0.2) is 0 Å². The van der Waals surface area contributed by atoms with Crippen LogP contribution in [0.4, 0.5) is 0 Å². The van der Waals surface area contributed by atoms with Gasteiger partial charge in [-0.3, -0.25) is 9.78 Å². The molecule has 3 rings (SSSR count). The van der Waals surface area contributed by atoms with Crippen LogP contribution in [-0.2, 0) is 0 Å². The van der Waals surface area contributed by atoms with Gasteiger partial charge in [-0.1, -0.05) is 70.5 Å². The van der Waals surface area contributed by atoms with Crippen LogP contribution in [0.3, 0.4) is 0 Å². The third kappa shape index (κ3) is 3.00. The van der Waals surface area contributed by atoms with E-state index in [2.05, 4.69) is 20.9 Å². The van der Waals surface area contributed by atoms with Crippen molar-refractivity contribution in [1.29, 1.82) is 0 Å². The van der Waals surface area contributed by atoms with Crippen LogP contribution in [0.1, 0.15) is 27.5 Å². The van der Waals surface area contributed by atoms with Gasteiger partial charge < -0.3 is 0 Å². The highest BCUT2D eigenvalue weighted by atomic mass is 79.9. The molecular weight excluding hydrogens is 338 g/mol. The summed E-state index contributed by atoms with van der Waals surface area (Å²) in [5, 5.41) is 0. The summed E-state index contributed by atoms with van der Waals surface area (Å²) in [5.74, 6) is -0.363. The van der Waals surface area contributed by atoms with Crippen molar-refractivity contribution >= 4 is 21.7 Å². The summed E-state index contributed by atoms with van der Waals surface area (Å²) in [5.41, 5.74) is 2.37. The maximum atomic E-state index is 13.1. The van der Waals surface area contributed by atoms with Gasteiger partial charge in [0, 0.05) is 16.2 Å². The summed E-state index contributed by atoms with van der Waals surface area (Å²) in [6.07, 6.45) is 1.72. The lowest BCUT2D eigenvalue weighted by Gasteiger charge is -2.16. The molecule has 0 aliphatic heterocycles. The third-order valence-electron chi connectivity index (χ3n) is 3.52. The largest absolute Gasteiger partial charge is 0.293 e. The zero-order chi connectivity index (χ0) is 15.4. The van der Waals surface area contributed by atoms with E-state index in [4.69, 9.17) is 0 Å². The first-order valence-electron chi connectivity index (χ1n) is 7.02. The number of ketones is 1. The molecule has 108 valence electrons. The van der Waals surface area contributed by atoms with Crippen molar-refractivity contribution < 1.29 is 4.79 Å². The van der Waals surface area contributed by atoms with E-state index >= 15 is 0 Å². The Morgan fingerprint density at radius 3 is 2.23 bits per heavy atom. The van der Waals surface area contributed by atoms with Crippen LogP contribution in [0, 0.1) is 0 Å². The molecule has 1 heterocycles. The minimum atomic E-state index is -0.402. The first-order chi connectivity index (χ1) is 10.8. The number of pyridine rings is 1. The highest BCUT2D eigenvalue weighted by molar-refractivity contribution is 9.10. The highest BCUT2D eigenvalue weighted by Crippen LogP contribution is 2.29. The van der Waals surface area contributed by atoms with E-state index in [1.165, 1.54) is 0 Å². The fraction of sp³-hybridized carbons (Fsp3) is 0.0526. The Labute approximate surface area is 138 Å². The zero-order valence-electron chi connectivity index (χ0n) is 11.8. The summed E-state index contributed by atoms with van der Waals surface area (Å²) in [4.78, 5) is 17.5. The molecule has 0 saturated heterocycles. The molecular formula is C19H14BrNO. The minimum Gasteiger partial charge on any atom is -0.293 e. The number of carbonyl (C=O) groups excluding carboxylic acids is 1. The van der Waals surface area contributed by atoms with Gasteiger partial charge in [-0.2, -0.15) is 0 Å². The zero-order valence-corrected chi connectivity index (χ0v) is 13.4. The number of rotatable bonds is 4. The monoisotopic (exact) mass is 351 g/mol. The standard InChI is InChI=1S/C19H14BrNO/c20-16-11-5-4-10-15(16)19(22)18(14-8-2-1-3-9-14)17-12-6-7-13-21-17/h1-13,18H/t18-/m0/s1. The Balaban J connectivity index is 2.11. The van der Waals surface area contributed by atoms with Gasteiger partial charge in [-0.15, -0.1) is 0 Å². The summed E-state index contributed by atoms with van der Waals surface area (Å²) < 4.78 is 0.803. The van der Waals surface area contributed by atoms with E-state index in [1.54, 1.807) is 6.20 Å². The van der Waals surface area contributed by atoms with E-state index in [1.807, 2.05) is 72.8 Å². The normalized spacial score (nSPS) is 11.9. The molecule has 3 heteroatoms. The van der Waals surface area contributed by atoms with Gasteiger partial charge in [0.15, 0.2) is 5.78 Å². The fourth-order valence-corrected chi connectivity index (χ4v) is 2.95. The molecule has 3 aromatic rings. The van der Waals surface area contributed by atoms with Gasteiger partial charge in [0.1, 0.15) is 0 Å². The van der Waals surface area contributed by atoms with Crippen molar-refractivity contribution in [3.63, 3.8) is 0 Å². The maximum Gasteiger partial charge on any atom is 0.177 e. The quantitative estimate of drug-likeness (QED) is 0.628. The molecule has 0 bridgehead atoms. The molecule has 0 aliphatic rings. The Hall–Kier alpha value is -2.26. The topological polar surface area (TPSA) is 30.0 Å². The molecule has 2 nitrogen and oxygen atoms in total. The lowest BCUT2D eigenvalue weighted by atomic mass is 9.87. The minimum absolute atomic E-state index is 0.0392. The maximum absolute atomic E-state index is 13.1. The molecule has 2 aromatic carbocycles. The number of hydrogen-bond acceptors (Lipinski definition) is 2. The van der Waals surface area contributed by atoms with Crippen LogP contribution < -0.4 is 0 Å². The smallest absolute Gasteiger partial charge is 0.177 e. The second-order valence-corrected chi connectivity index (χ2v) is 5.80. The molecule has 0 spiro atoms. The number of nitrogens with zero attached hydrogens (tertiary/aromatic N) is 1. The average Bonchev–Trinajstić information content (AvgIpc) is 2.57. The van der Waals surface area contributed by atoms with Crippen molar-refractivity contribution in [2.75, 3.05) is 0 Å². The number of Topliss-reactive ketones (excluding diaryl/α,β-unsaturated/α-hetero) is 1. The molecule has 1 atom stereocenters. The second-order valence-electron chi connectivity index (χ2n) is 4.94. The van der Waals surface area contributed by atoms with E-state index in [9.17, 15) is 4.79 Å². The van der Waals surface area contributed by atoms with Crippen LogP contribution in [0.5, 0.6) is 0 Å². The van der Waals surface area contributed by atoms with Gasteiger partial charge in [0.2, 0.25) is 0 Å². The fourth-order valence-electron chi connectivity index (χ4n) is 2.47. The third-order valence-corrected chi connectivity index (χ3v) is 4.21. The predicted molar refractivity (Wildman–Crippen MR) is 91.0 cm³/mol. The lowest BCUT2D eigenvalue weighted by molar-refractivity contribution is 0.0972. The van der Waals surface area contributed by atoms with Crippen LogP contribution in [0.15, 0.2) is 83.5 Å². The SMILES string of the molecule is O=C(c1ccccc1Br)[C@@H](c1ccccc1)c1ccccn1. The number of carbonyl (C=O) groups is 1. The van der Waals surface area contributed by atoms with Crippen LogP contribution in [0.2, 0.25) is 0 Å². The predicted octanol–water partition coefficient (Wildman–Crippen LogP) is 4.86. The van der Waals surface area contributed by atoms with Gasteiger partial charge >= 0.3 is 0 Å². The lowest BCUT2D eigenvalue weighted by Crippen LogP contribution is -2.16. The number of hydrogen-bond donors (Lipinski definition) is 0. The molecule has 1 aromatic heterocycles. The van der Waals surface area contributed by atoms with Crippen molar-refractivity contribution in [2.24, 2.45) is 0 Å². The Morgan fingerprint density at radius 1 is 0.864 bits per heavy atom. The van der Waals surface area contributed by atoms with Crippen LogP contribution in [-0.4, -0.2) is 10.8 Å². The van der Waals surface area contributed by atoms with Crippen LogP contribution >= 0.6 is 15.9 Å². The van der Waals surface area contributed by atoms with Crippen molar-refractivity contribution in [3.05, 3.63) is 100 Å². The first-order valence-corrected chi connectivity index (χ1v) is 7.81. The van der Waals surface area contributed by atoms with Gasteiger partial charge in [-0.05, 0) is 23.8 Å². The van der Waals surface area contributed by atoms with Crippen molar-refractivity contribution in [1.82, 2.24) is 4.98 Å². The van der Waals surface area contributed by atoms with Crippen LogP contribution in [0.25, 0.3) is 0 Å². The summed E-state index contributed by atoms with van der Waals surface area (Å²) in [6, 6.07) is 22.9. The Bertz CT molecular complexity index is 732. The molecule has 0 saturated carbocycles. The Morgan fingerprint density at radius 2 is 1.55 bits per heavy atom. The van der Waals surface area contributed by atoms with Gasteiger partial charge in [0.05, 0.1) is 11.6 Å². The van der Waals surface area contributed by atoms with Crippen molar-refractivity contribution in [2.45, 2.75) is 5.92 Å². The van der Waals surface area contributed by atoms with E-state index in [0.717, 1.165) is 15.7 Å². The molecule has 0 amide bonds. The van der Waals surface area contributed by atoms with E-state index in [-0.39, 0.29) is 5.78 Å². The summed E-state index contributed by atoms with van der Waals surface area (Å²) in [7, 11) is 0. The van der Waals surface area contributed by atoms with E-state index in [0.29, 0.717) is 5.56 Å². The molecule has 0 radical (unpaired) electrons. The summed E-state index contributed by atoms with van der Waals surface area (Å²) in [6.45, 7) is 0. The number of halogens is 1. The molecule has 0 unspecified atom stereocenters. The molecule has 0 N–H and O–H groups in total. The summed E-state index contributed by atoms with van der Waals surface area (Å²) >= 11 is 3.47. The van der Waals surface area contributed by atoms with Gasteiger partial charge in [0.25, 0.3) is 0 Å². The average molecular weight is 352 g/mol. The number of aromatic nitrogens is 1. The van der Waals surface area contributed by atoms with E-state index < -0.39 is 5.92 Å².